The summed E-state index contributed by atoms with van der Waals surface area (Å²) in [7, 11) is 0. The van der Waals surface area contributed by atoms with Crippen LogP contribution < -0.4 is 9.99 Å². The minimum absolute atomic E-state index is 0.0680. The van der Waals surface area contributed by atoms with E-state index in [-0.39, 0.29) is 22.8 Å². The number of phenols is 1. The summed E-state index contributed by atoms with van der Waals surface area (Å²) in [5.74, 6) is 0.918. The molecule has 0 radical (unpaired) electrons. The van der Waals surface area contributed by atoms with E-state index in [0.717, 1.165) is 22.6 Å². The Bertz CT molecular complexity index is 1350. The van der Waals surface area contributed by atoms with Gasteiger partial charge < -0.3 is 5.11 Å². The number of nitrogens with zero attached hydrogens (tertiary/aromatic N) is 3. The summed E-state index contributed by atoms with van der Waals surface area (Å²) in [6.07, 6.45) is 1.53. The Kier molecular flexibility index (Phi) is 7.55. The minimum atomic E-state index is -0.246. The molecule has 0 atom stereocenters. The van der Waals surface area contributed by atoms with Crippen LogP contribution in [0.15, 0.2) is 83.1 Å². The van der Waals surface area contributed by atoms with Crippen molar-refractivity contribution in [3.8, 4) is 22.8 Å². The van der Waals surface area contributed by atoms with Crippen LogP contribution in [0.3, 0.4) is 0 Å². The highest BCUT2D eigenvalue weighted by atomic mass is 32.2. The predicted octanol–water partition coefficient (Wildman–Crippen LogP) is 4.91. The van der Waals surface area contributed by atoms with Crippen molar-refractivity contribution >= 4 is 23.9 Å². The Morgan fingerprint density at radius 1 is 1.06 bits per heavy atom. The van der Waals surface area contributed by atoms with E-state index in [1.807, 2.05) is 16.7 Å². The van der Waals surface area contributed by atoms with Crippen molar-refractivity contribution in [3.05, 3.63) is 89.5 Å². The third kappa shape index (κ3) is 6.20. The number of carbonyl (C=O) groups excluding carboxylic acids is 1. The molecule has 0 aliphatic carbocycles. The summed E-state index contributed by atoms with van der Waals surface area (Å²) in [6, 6.07) is 23.2. The number of aromatic nitrogens is 3. The highest BCUT2D eigenvalue weighted by Crippen LogP contribution is 2.26. The number of benzene rings is 3. The molecule has 8 heteroatoms. The minimum Gasteiger partial charge on any atom is -0.508 e. The van der Waals surface area contributed by atoms with Gasteiger partial charge in [0.1, 0.15) is 11.4 Å². The summed E-state index contributed by atoms with van der Waals surface area (Å²) in [5.41, 5.74) is 7.76. The second kappa shape index (κ2) is 10.8. The predicted molar refractivity (Wildman–Crippen MR) is 144 cm³/mol. The molecule has 0 saturated heterocycles. The molecule has 7 nitrogen and oxygen atoms in total. The number of amides is 1. The summed E-state index contributed by atoms with van der Waals surface area (Å²) < 4.78 is 2.03. The number of aromatic amines is 1. The molecule has 0 spiro atoms. The van der Waals surface area contributed by atoms with Crippen LogP contribution in [0.1, 0.15) is 37.5 Å². The maximum Gasteiger partial charge on any atom is 0.342 e. The molecule has 36 heavy (non-hydrogen) atoms. The number of phenolic OH excluding ortho intramolecular Hbond substituents is 1. The molecular formula is C28H30N5O2S+. The standard InChI is InChI=1S/C28H29N5O2S/c1-19-5-13-23(14-6-19)33-26(21-9-11-22(12-10-21)28(2,3)4)31-32-27(33)36-18-25(35)30-29-17-20-7-15-24(34)16-8-20/h5-17H,18H2,1-4H3,(H2,29,30,34,35)/p+1. The number of H-pyrrole nitrogens is 1. The maximum atomic E-state index is 12.4. The molecule has 0 unspecified atom stereocenters. The number of aromatic hydroxyl groups is 1. The Hall–Kier alpha value is -3.91. The Labute approximate surface area is 215 Å². The van der Waals surface area contributed by atoms with Gasteiger partial charge in [-0.05, 0) is 83.8 Å². The zero-order valence-corrected chi connectivity index (χ0v) is 21.6. The van der Waals surface area contributed by atoms with Crippen LogP contribution in [0.5, 0.6) is 5.75 Å². The quantitative estimate of drug-likeness (QED) is 0.145. The Morgan fingerprint density at radius 2 is 1.72 bits per heavy atom. The first-order valence-electron chi connectivity index (χ1n) is 11.6. The molecule has 0 aliphatic heterocycles. The lowest BCUT2D eigenvalue weighted by Gasteiger charge is -2.18. The SMILES string of the molecule is Cc1ccc(-[n+]2c(SCC(=O)NN=Cc3ccc(O)cc3)n[nH]c2-c2ccc(C(C)(C)C)cc2)cc1. The molecule has 3 N–H and O–H groups in total. The summed E-state index contributed by atoms with van der Waals surface area (Å²) in [4.78, 5) is 12.4. The van der Waals surface area contributed by atoms with Gasteiger partial charge in [0.15, 0.2) is 0 Å². The zero-order valence-electron chi connectivity index (χ0n) is 20.8. The van der Waals surface area contributed by atoms with Crippen LogP contribution >= 0.6 is 11.8 Å². The van der Waals surface area contributed by atoms with Crippen molar-refractivity contribution in [1.82, 2.24) is 15.6 Å². The average molecular weight is 501 g/mol. The topological polar surface area (TPSA) is 94.2 Å². The largest absolute Gasteiger partial charge is 0.508 e. The first-order chi connectivity index (χ1) is 17.2. The lowest BCUT2D eigenvalue weighted by atomic mass is 9.87. The number of rotatable bonds is 7. The van der Waals surface area contributed by atoms with Crippen molar-refractivity contribution in [2.24, 2.45) is 5.10 Å². The van der Waals surface area contributed by atoms with E-state index in [2.05, 4.69) is 84.8 Å². The second-order valence-electron chi connectivity index (χ2n) is 9.53. The van der Waals surface area contributed by atoms with E-state index in [4.69, 9.17) is 0 Å². The monoisotopic (exact) mass is 500 g/mol. The molecular weight excluding hydrogens is 470 g/mol. The second-order valence-corrected chi connectivity index (χ2v) is 10.5. The molecule has 1 heterocycles. The van der Waals surface area contributed by atoms with E-state index in [1.165, 1.54) is 29.1 Å². The summed E-state index contributed by atoms with van der Waals surface area (Å²) >= 11 is 1.33. The van der Waals surface area contributed by atoms with Crippen LogP contribution in [-0.2, 0) is 10.2 Å². The highest BCUT2D eigenvalue weighted by molar-refractivity contribution is 7.99. The van der Waals surface area contributed by atoms with Crippen molar-refractivity contribution in [2.75, 3.05) is 5.75 Å². The van der Waals surface area contributed by atoms with Gasteiger partial charge in [0.05, 0.1) is 22.6 Å². The average Bonchev–Trinajstić information content (AvgIpc) is 3.28. The third-order valence-corrected chi connectivity index (χ3v) is 6.56. The van der Waals surface area contributed by atoms with Crippen LogP contribution in [0.4, 0.5) is 0 Å². The molecule has 0 aliphatic rings. The maximum absolute atomic E-state index is 12.4. The van der Waals surface area contributed by atoms with Crippen LogP contribution in [0.25, 0.3) is 17.1 Å². The number of hydrogen-bond donors (Lipinski definition) is 3. The van der Waals surface area contributed by atoms with E-state index in [0.29, 0.717) is 5.16 Å². The van der Waals surface area contributed by atoms with Gasteiger partial charge >= 0.3 is 5.16 Å². The molecule has 0 bridgehead atoms. The smallest absolute Gasteiger partial charge is 0.342 e. The molecule has 3 aromatic carbocycles. The van der Waals surface area contributed by atoms with E-state index < -0.39 is 0 Å². The Morgan fingerprint density at radius 3 is 2.36 bits per heavy atom. The van der Waals surface area contributed by atoms with Gasteiger partial charge in [0, 0.05) is 0 Å². The number of hydrogen-bond acceptors (Lipinski definition) is 5. The molecule has 0 saturated carbocycles. The number of aryl methyl sites for hydroxylation is 1. The van der Waals surface area contributed by atoms with Crippen molar-refractivity contribution in [1.29, 1.82) is 0 Å². The third-order valence-electron chi connectivity index (χ3n) is 5.62. The lowest BCUT2D eigenvalue weighted by molar-refractivity contribution is -0.625. The fourth-order valence-electron chi connectivity index (χ4n) is 3.55. The highest BCUT2D eigenvalue weighted by Gasteiger charge is 2.25. The molecule has 4 rings (SSSR count). The van der Waals surface area contributed by atoms with Crippen LogP contribution in [0.2, 0.25) is 0 Å². The van der Waals surface area contributed by atoms with Gasteiger partial charge in [-0.1, -0.05) is 50.6 Å². The first-order valence-corrected chi connectivity index (χ1v) is 12.6. The van der Waals surface area contributed by atoms with E-state index >= 15 is 0 Å². The van der Waals surface area contributed by atoms with Crippen LogP contribution in [0, 0.1) is 6.92 Å². The normalized spacial score (nSPS) is 11.7. The van der Waals surface area contributed by atoms with Gasteiger partial charge in [-0.3, -0.25) is 4.79 Å². The van der Waals surface area contributed by atoms with E-state index in [9.17, 15) is 9.90 Å². The van der Waals surface area contributed by atoms with Gasteiger partial charge in [0.25, 0.3) is 11.7 Å². The number of carbonyl (C=O) groups is 1. The van der Waals surface area contributed by atoms with Crippen LogP contribution in [-0.4, -0.2) is 33.2 Å². The van der Waals surface area contributed by atoms with Crippen molar-refractivity contribution in [3.63, 3.8) is 0 Å². The van der Waals surface area contributed by atoms with E-state index in [1.54, 1.807) is 24.3 Å². The van der Waals surface area contributed by atoms with Gasteiger partial charge in [-0.25, -0.2) is 5.43 Å². The fraction of sp³-hybridized carbons (Fsp3) is 0.214. The summed E-state index contributed by atoms with van der Waals surface area (Å²) in [6.45, 7) is 8.63. The number of hydrazone groups is 1. The van der Waals surface area contributed by atoms with Gasteiger partial charge in [-0.15, -0.1) is 5.10 Å². The zero-order chi connectivity index (χ0) is 25.7. The molecule has 184 valence electrons. The Balaban J connectivity index is 1.53. The van der Waals surface area contributed by atoms with Crippen molar-refractivity contribution in [2.45, 2.75) is 38.3 Å². The van der Waals surface area contributed by atoms with Crippen molar-refractivity contribution < 1.29 is 14.5 Å². The molecule has 1 amide bonds. The first kappa shape index (κ1) is 25.2. The lowest BCUT2D eigenvalue weighted by Crippen LogP contribution is -2.34. The number of thioether (sulfide) groups is 1. The van der Waals surface area contributed by atoms with Gasteiger partial charge in [-0.2, -0.15) is 9.67 Å². The number of nitrogens with one attached hydrogen (secondary N) is 2. The molecule has 0 fully saturated rings. The summed E-state index contributed by atoms with van der Waals surface area (Å²) in [5, 5.41) is 21.7. The van der Waals surface area contributed by atoms with Gasteiger partial charge in [0.2, 0.25) is 0 Å². The fourth-order valence-corrected chi connectivity index (χ4v) is 4.31. The molecule has 4 aromatic rings. The molecule has 1 aromatic heterocycles.